The minimum Gasteiger partial charge on any atom is -0.259 e. The zero-order valence-electron chi connectivity index (χ0n) is 15.6. The fourth-order valence-electron chi connectivity index (χ4n) is 4.84. The number of pyridine rings is 2. The molecule has 0 aliphatic heterocycles. The predicted molar refractivity (Wildman–Crippen MR) is 105 cm³/mol. The highest BCUT2D eigenvalue weighted by molar-refractivity contribution is 5.78. The smallest absolute Gasteiger partial charge is 0.0888 e. The summed E-state index contributed by atoms with van der Waals surface area (Å²) < 4.78 is 0. The first-order valence-corrected chi connectivity index (χ1v) is 10.7. The van der Waals surface area contributed by atoms with Gasteiger partial charge >= 0.3 is 0 Å². The van der Waals surface area contributed by atoms with Crippen molar-refractivity contribution in [3.8, 4) is 0 Å². The Kier molecular flexibility index (Phi) is 5.64. The maximum atomic E-state index is 5.01. The van der Waals surface area contributed by atoms with Gasteiger partial charge in [-0.15, -0.1) is 0 Å². The summed E-state index contributed by atoms with van der Waals surface area (Å²) in [5.74, 6) is 1.32. The SMILES string of the molecule is c1cc2cc(C3CCCCCC3)ncc2nc1C1CCCCCCC1. The van der Waals surface area contributed by atoms with E-state index in [0.29, 0.717) is 11.8 Å². The molecule has 0 saturated heterocycles. The van der Waals surface area contributed by atoms with Crippen LogP contribution in [0.25, 0.3) is 10.9 Å². The highest BCUT2D eigenvalue weighted by Gasteiger charge is 2.18. The van der Waals surface area contributed by atoms with Crippen molar-refractivity contribution in [2.75, 3.05) is 0 Å². The van der Waals surface area contributed by atoms with Gasteiger partial charge in [0.1, 0.15) is 0 Å². The highest BCUT2D eigenvalue weighted by atomic mass is 14.8. The summed E-state index contributed by atoms with van der Waals surface area (Å²) in [5.41, 5.74) is 3.70. The Morgan fingerprint density at radius 3 is 1.84 bits per heavy atom. The van der Waals surface area contributed by atoms with E-state index in [1.807, 2.05) is 6.20 Å². The van der Waals surface area contributed by atoms with E-state index in [-0.39, 0.29) is 0 Å². The van der Waals surface area contributed by atoms with Crippen molar-refractivity contribution in [1.82, 2.24) is 9.97 Å². The second-order valence-corrected chi connectivity index (χ2v) is 8.27. The number of hydrogen-bond acceptors (Lipinski definition) is 2. The number of rotatable bonds is 2. The molecule has 0 unspecified atom stereocenters. The average molecular weight is 337 g/mol. The molecule has 2 aliphatic carbocycles. The Morgan fingerprint density at radius 1 is 0.640 bits per heavy atom. The molecule has 2 nitrogen and oxygen atoms in total. The first kappa shape index (κ1) is 17.0. The van der Waals surface area contributed by atoms with Crippen LogP contribution in [0.15, 0.2) is 24.4 Å². The summed E-state index contributed by atoms with van der Waals surface area (Å²) >= 11 is 0. The summed E-state index contributed by atoms with van der Waals surface area (Å²) in [6.45, 7) is 0. The van der Waals surface area contributed by atoms with Crippen molar-refractivity contribution in [1.29, 1.82) is 0 Å². The minimum atomic E-state index is 0.659. The molecule has 0 bridgehead atoms. The number of aromatic nitrogens is 2. The summed E-state index contributed by atoms with van der Waals surface area (Å²) in [7, 11) is 0. The van der Waals surface area contributed by atoms with Crippen LogP contribution >= 0.6 is 0 Å². The second kappa shape index (κ2) is 8.29. The van der Waals surface area contributed by atoms with Crippen LogP contribution in [-0.2, 0) is 0 Å². The first-order valence-electron chi connectivity index (χ1n) is 10.7. The Balaban J connectivity index is 1.55. The molecular weight excluding hydrogens is 304 g/mol. The second-order valence-electron chi connectivity index (χ2n) is 8.27. The molecule has 0 atom stereocenters. The van der Waals surface area contributed by atoms with Crippen molar-refractivity contribution < 1.29 is 0 Å². The number of nitrogens with zero attached hydrogens (tertiary/aromatic N) is 2. The third kappa shape index (κ3) is 4.22. The Labute approximate surface area is 152 Å². The van der Waals surface area contributed by atoms with Gasteiger partial charge in [0.05, 0.1) is 11.7 Å². The lowest BCUT2D eigenvalue weighted by molar-refractivity contribution is 0.450. The van der Waals surface area contributed by atoms with Crippen molar-refractivity contribution in [3.05, 3.63) is 35.8 Å². The molecule has 2 fully saturated rings. The molecule has 2 heterocycles. The minimum absolute atomic E-state index is 0.659. The Hall–Kier alpha value is -1.44. The standard InChI is InChI=1S/C23H32N2/c1-2-6-10-18(11-7-3-1)21-15-14-20-16-22(24-17-23(20)25-21)19-12-8-4-5-9-13-19/h14-19H,1-13H2. The van der Waals surface area contributed by atoms with E-state index in [1.165, 1.54) is 100 Å². The molecule has 2 aromatic heterocycles. The lowest BCUT2D eigenvalue weighted by atomic mass is 9.88. The van der Waals surface area contributed by atoms with E-state index in [9.17, 15) is 0 Å². The molecule has 25 heavy (non-hydrogen) atoms. The zero-order valence-corrected chi connectivity index (χ0v) is 15.6. The van der Waals surface area contributed by atoms with Crippen molar-refractivity contribution in [3.63, 3.8) is 0 Å². The van der Waals surface area contributed by atoms with Crippen LogP contribution in [0.5, 0.6) is 0 Å². The van der Waals surface area contributed by atoms with E-state index in [4.69, 9.17) is 9.97 Å². The third-order valence-corrected chi connectivity index (χ3v) is 6.42. The van der Waals surface area contributed by atoms with Crippen molar-refractivity contribution in [2.45, 2.75) is 95.3 Å². The molecule has 0 radical (unpaired) electrons. The largest absolute Gasteiger partial charge is 0.259 e. The molecule has 2 heteroatoms. The average Bonchev–Trinajstić information content (AvgIpc) is 2.90. The summed E-state index contributed by atoms with van der Waals surface area (Å²) in [4.78, 5) is 9.84. The van der Waals surface area contributed by atoms with Gasteiger partial charge in [0.15, 0.2) is 0 Å². The Morgan fingerprint density at radius 2 is 1.20 bits per heavy atom. The fraction of sp³-hybridized carbons (Fsp3) is 0.652. The normalized spacial score (nSPS) is 21.6. The molecule has 0 spiro atoms. The van der Waals surface area contributed by atoms with Gasteiger partial charge in [0, 0.05) is 28.6 Å². The van der Waals surface area contributed by atoms with Gasteiger partial charge in [0.2, 0.25) is 0 Å². The van der Waals surface area contributed by atoms with Gasteiger partial charge in [0.25, 0.3) is 0 Å². The van der Waals surface area contributed by atoms with Gasteiger partial charge in [-0.05, 0) is 37.8 Å². The lowest BCUT2D eigenvalue weighted by Gasteiger charge is -2.19. The van der Waals surface area contributed by atoms with E-state index in [2.05, 4.69) is 18.2 Å². The van der Waals surface area contributed by atoms with E-state index >= 15 is 0 Å². The van der Waals surface area contributed by atoms with Crippen molar-refractivity contribution >= 4 is 10.9 Å². The van der Waals surface area contributed by atoms with Gasteiger partial charge in [-0.3, -0.25) is 9.97 Å². The van der Waals surface area contributed by atoms with E-state index in [0.717, 1.165) is 5.52 Å². The molecule has 2 aliphatic rings. The molecule has 0 N–H and O–H groups in total. The van der Waals surface area contributed by atoms with E-state index < -0.39 is 0 Å². The molecular formula is C23H32N2. The van der Waals surface area contributed by atoms with Crippen LogP contribution in [0.2, 0.25) is 0 Å². The van der Waals surface area contributed by atoms with Crippen molar-refractivity contribution in [2.24, 2.45) is 0 Å². The highest BCUT2D eigenvalue weighted by Crippen LogP contribution is 2.33. The van der Waals surface area contributed by atoms with Crippen LogP contribution < -0.4 is 0 Å². The monoisotopic (exact) mass is 336 g/mol. The number of fused-ring (bicyclic) bond motifs is 1. The van der Waals surface area contributed by atoms with E-state index in [1.54, 1.807) is 0 Å². The first-order chi connectivity index (χ1) is 12.4. The quantitative estimate of drug-likeness (QED) is 0.558. The van der Waals surface area contributed by atoms with Crippen LogP contribution in [0.1, 0.15) is 107 Å². The van der Waals surface area contributed by atoms with Gasteiger partial charge in [-0.1, -0.05) is 63.9 Å². The Bertz CT molecular complexity index is 678. The van der Waals surface area contributed by atoms with Crippen LogP contribution in [-0.4, -0.2) is 9.97 Å². The van der Waals surface area contributed by atoms with Gasteiger partial charge in [-0.2, -0.15) is 0 Å². The topological polar surface area (TPSA) is 25.8 Å². The molecule has 4 rings (SSSR count). The lowest BCUT2D eigenvalue weighted by Crippen LogP contribution is -2.05. The molecule has 134 valence electrons. The van der Waals surface area contributed by atoms with Crippen LogP contribution in [0.3, 0.4) is 0 Å². The molecule has 2 aromatic rings. The zero-order chi connectivity index (χ0) is 16.9. The number of hydrogen-bond donors (Lipinski definition) is 0. The maximum Gasteiger partial charge on any atom is 0.0888 e. The summed E-state index contributed by atoms with van der Waals surface area (Å²) in [6, 6.07) is 6.92. The molecule has 0 amide bonds. The maximum absolute atomic E-state index is 5.01. The summed E-state index contributed by atoms with van der Waals surface area (Å²) in [5, 5.41) is 1.28. The van der Waals surface area contributed by atoms with Crippen LogP contribution in [0, 0.1) is 0 Å². The van der Waals surface area contributed by atoms with Crippen LogP contribution in [0.4, 0.5) is 0 Å². The summed E-state index contributed by atoms with van der Waals surface area (Å²) in [6.07, 6.45) is 19.8. The van der Waals surface area contributed by atoms with Gasteiger partial charge in [-0.25, -0.2) is 0 Å². The fourth-order valence-corrected chi connectivity index (χ4v) is 4.84. The molecule has 2 saturated carbocycles. The van der Waals surface area contributed by atoms with Gasteiger partial charge < -0.3 is 0 Å². The third-order valence-electron chi connectivity index (χ3n) is 6.42. The predicted octanol–water partition coefficient (Wildman–Crippen LogP) is 6.90. The molecule has 0 aromatic carbocycles.